The number of amides is 2. The fourth-order valence-corrected chi connectivity index (χ4v) is 2.92. The SMILES string of the molecule is CC(C)(C)CN1C(=O)c2ccccc2C1C(=O)NCCCC(F)(F)F. The monoisotopic (exact) mass is 356 g/mol. The van der Waals surface area contributed by atoms with Gasteiger partial charge in [-0.25, -0.2) is 0 Å². The fourth-order valence-electron chi connectivity index (χ4n) is 2.92. The first kappa shape index (κ1) is 19.3. The van der Waals surface area contributed by atoms with Crippen LogP contribution in [0.3, 0.4) is 0 Å². The first-order valence-corrected chi connectivity index (χ1v) is 8.24. The molecule has 7 heteroatoms. The minimum Gasteiger partial charge on any atom is -0.354 e. The third kappa shape index (κ3) is 4.96. The number of fused-ring (bicyclic) bond motifs is 1. The Balaban J connectivity index is 2.13. The van der Waals surface area contributed by atoms with E-state index in [4.69, 9.17) is 0 Å². The largest absolute Gasteiger partial charge is 0.389 e. The van der Waals surface area contributed by atoms with Crippen molar-refractivity contribution in [1.82, 2.24) is 10.2 Å². The van der Waals surface area contributed by atoms with Crippen molar-refractivity contribution in [2.45, 2.75) is 45.8 Å². The second-order valence-corrected chi connectivity index (χ2v) is 7.49. The predicted molar refractivity (Wildman–Crippen MR) is 88.0 cm³/mol. The highest BCUT2D eigenvalue weighted by Gasteiger charge is 2.42. The van der Waals surface area contributed by atoms with Crippen molar-refractivity contribution >= 4 is 11.8 Å². The molecule has 1 aromatic rings. The van der Waals surface area contributed by atoms with Crippen molar-refractivity contribution in [3.63, 3.8) is 0 Å². The number of hydrogen-bond acceptors (Lipinski definition) is 2. The van der Waals surface area contributed by atoms with Crippen molar-refractivity contribution in [3.8, 4) is 0 Å². The van der Waals surface area contributed by atoms with Gasteiger partial charge in [-0.3, -0.25) is 9.59 Å². The molecule has 0 saturated heterocycles. The molecule has 0 aliphatic carbocycles. The average molecular weight is 356 g/mol. The lowest BCUT2D eigenvalue weighted by atomic mass is 9.95. The fraction of sp³-hybridized carbons (Fsp3) is 0.556. The summed E-state index contributed by atoms with van der Waals surface area (Å²) in [6.07, 6.45) is -5.37. The van der Waals surface area contributed by atoms with Crippen LogP contribution < -0.4 is 5.32 Å². The van der Waals surface area contributed by atoms with Gasteiger partial charge in [-0.2, -0.15) is 13.2 Å². The summed E-state index contributed by atoms with van der Waals surface area (Å²) in [5.41, 5.74) is 0.860. The normalized spacial score (nSPS) is 17.6. The molecule has 0 fully saturated rings. The predicted octanol–water partition coefficient (Wildman–Crippen LogP) is 3.69. The second-order valence-electron chi connectivity index (χ2n) is 7.49. The van der Waals surface area contributed by atoms with Crippen LogP contribution in [0.25, 0.3) is 0 Å². The summed E-state index contributed by atoms with van der Waals surface area (Å²) in [7, 11) is 0. The van der Waals surface area contributed by atoms with Gasteiger partial charge in [-0.1, -0.05) is 39.0 Å². The molecule has 138 valence electrons. The molecule has 1 aliphatic rings. The van der Waals surface area contributed by atoms with Crippen LogP contribution in [-0.4, -0.2) is 36.0 Å². The summed E-state index contributed by atoms with van der Waals surface area (Å²) < 4.78 is 36.6. The maximum Gasteiger partial charge on any atom is 0.389 e. The van der Waals surface area contributed by atoms with Crippen LogP contribution in [0.4, 0.5) is 13.2 Å². The summed E-state index contributed by atoms with van der Waals surface area (Å²) in [4.78, 5) is 26.7. The Morgan fingerprint density at radius 1 is 1.20 bits per heavy atom. The van der Waals surface area contributed by atoms with E-state index in [1.54, 1.807) is 24.3 Å². The van der Waals surface area contributed by atoms with E-state index in [0.29, 0.717) is 17.7 Å². The zero-order valence-electron chi connectivity index (χ0n) is 14.6. The van der Waals surface area contributed by atoms with E-state index in [0.717, 1.165) is 0 Å². The second kappa shape index (κ2) is 7.06. The topological polar surface area (TPSA) is 49.4 Å². The molecule has 2 amide bonds. The summed E-state index contributed by atoms with van der Waals surface area (Å²) in [6.45, 7) is 6.18. The van der Waals surface area contributed by atoms with Crippen molar-refractivity contribution in [3.05, 3.63) is 35.4 Å². The lowest BCUT2D eigenvalue weighted by Crippen LogP contribution is -2.43. The van der Waals surface area contributed by atoms with E-state index in [1.807, 2.05) is 20.8 Å². The molecule has 1 unspecified atom stereocenters. The number of nitrogens with zero attached hydrogens (tertiary/aromatic N) is 1. The van der Waals surface area contributed by atoms with Crippen LogP contribution in [0.15, 0.2) is 24.3 Å². The van der Waals surface area contributed by atoms with Crippen LogP contribution in [0.5, 0.6) is 0 Å². The Kier molecular flexibility index (Phi) is 5.44. The van der Waals surface area contributed by atoms with Crippen molar-refractivity contribution < 1.29 is 22.8 Å². The Bertz CT molecular complexity index is 650. The summed E-state index contributed by atoms with van der Waals surface area (Å²) in [5, 5.41) is 2.54. The number of nitrogens with one attached hydrogen (secondary N) is 1. The van der Waals surface area contributed by atoms with Crippen LogP contribution in [0, 0.1) is 5.41 Å². The molecule has 1 aliphatic heterocycles. The molecule has 1 atom stereocenters. The van der Waals surface area contributed by atoms with Gasteiger partial charge in [0.15, 0.2) is 0 Å². The van der Waals surface area contributed by atoms with Gasteiger partial charge in [0, 0.05) is 25.1 Å². The molecule has 1 aromatic carbocycles. The van der Waals surface area contributed by atoms with Gasteiger partial charge < -0.3 is 10.2 Å². The summed E-state index contributed by atoms with van der Waals surface area (Å²) in [6, 6.07) is 6.07. The van der Waals surface area contributed by atoms with E-state index < -0.39 is 24.5 Å². The highest BCUT2D eigenvalue weighted by atomic mass is 19.4. The average Bonchev–Trinajstić information content (AvgIpc) is 2.74. The molecule has 0 spiro atoms. The number of alkyl halides is 3. The quantitative estimate of drug-likeness (QED) is 0.818. The van der Waals surface area contributed by atoms with Gasteiger partial charge in [0.25, 0.3) is 5.91 Å². The molecule has 0 saturated carbocycles. The minimum atomic E-state index is -4.24. The van der Waals surface area contributed by atoms with E-state index in [-0.39, 0.29) is 24.3 Å². The lowest BCUT2D eigenvalue weighted by Gasteiger charge is -2.31. The lowest BCUT2D eigenvalue weighted by molar-refractivity contribution is -0.136. The van der Waals surface area contributed by atoms with Gasteiger partial charge in [-0.15, -0.1) is 0 Å². The van der Waals surface area contributed by atoms with Crippen molar-refractivity contribution in [1.29, 1.82) is 0 Å². The smallest absolute Gasteiger partial charge is 0.354 e. The molecule has 25 heavy (non-hydrogen) atoms. The molecule has 4 nitrogen and oxygen atoms in total. The van der Waals surface area contributed by atoms with Crippen LogP contribution in [0.1, 0.15) is 55.6 Å². The molecular formula is C18H23F3N2O2. The van der Waals surface area contributed by atoms with Crippen molar-refractivity contribution in [2.75, 3.05) is 13.1 Å². The minimum absolute atomic E-state index is 0.0748. The highest BCUT2D eigenvalue weighted by Crippen LogP contribution is 2.36. The zero-order chi connectivity index (χ0) is 18.8. The Morgan fingerprint density at radius 2 is 1.84 bits per heavy atom. The summed E-state index contributed by atoms with van der Waals surface area (Å²) in [5.74, 6) is -0.661. The molecule has 0 aromatic heterocycles. The van der Waals surface area contributed by atoms with E-state index in [2.05, 4.69) is 5.32 Å². The Labute approximate surface area is 145 Å². The maximum absolute atomic E-state index is 12.6. The molecule has 0 bridgehead atoms. The zero-order valence-corrected chi connectivity index (χ0v) is 14.6. The third-order valence-electron chi connectivity index (χ3n) is 3.89. The molecule has 1 heterocycles. The number of hydrogen-bond donors (Lipinski definition) is 1. The van der Waals surface area contributed by atoms with Gasteiger partial charge in [0.2, 0.25) is 5.91 Å². The van der Waals surface area contributed by atoms with Gasteiger partial charge >= 0.3 is 6.18 Å². The number of carbonyl (C=O) groups excluding carboxylic acids is 2. The third-order valence-corrected chi connectivity index (χ3v) is 3.89. The Hall–Kier alpha value is -2.05. The van der Waals surface area contributed by atoms with Gasteiger partial charge in [0.1, 0.15) is 6.04 Å². The van der Waals surface area contributed by atoms with E-state index in [1.165, 1.54) is 4.90 Å². The van der Waals surface area contributed by atoms with E-state index in [9.17, 15) is 22.8 Å². The van der Waals surface area contributed by atoms with Gasteiger partial charge in [-0.05, 0) is 23.5 Å². The summed E-state index contributed by atoms with van der Waals surface area (Å²) >= 11 is 0. The van der Waals surface area contributed by atoms with Crippen LogP contribution >= 0.6 is 0 Å². The first-order chi connectivity index (χ1) is 11.5. The number of halogens is 3. The number of benzene rings is 1. The van der Waals surface area contributed by atoms with E-state index >= 15 is 0 Å². The highest BCUT2D eigenvalue weighted by molar-refractivity contribution is 6.04. The van der Waals surface area contributed by atoms with Crippen LogP contribution in [-0.2, 0) is 4.79 Å². The first-order valence-electron chi connectivity index (χ1n) is 8.24. The van der Waals surface area contributed by atoms with Gasteiger partial charge in [0.05, 0.1) is 0 Å². The number of rotatable bonds is 5. The maximum atomic E-state index is 12.6. The molecule has 0 radical (unpaired) electrons. The molecular weight excluding hydrogens is 333 g/mol. The standard InChI is InChI=1S/C18H23F3N2O2/c1-17(2,3)11-23-14(12-7-4-5-8-13(12)16(23)25)15(24)22-10-6-9-18(19,20)21/h4-5,7-8,14H,6,9-11H2,1-3H3,(H,22,24). The van der Waals surface area contributed by atoms with Crippen LogP contribution in [0.2, 0.25) is 0 Å². The van der Waals surface area contributed by atoms with Crippen molar-refractivity contribution in [2.24, 2.45) is 5.41 Å². The Morgan fingerprint density at radius 3 is 2.44 bits per heavy atom. The number of carbonyl (C=O) groups is 2. The molecule has 2 rings (SSSR count). The molecule has 1 N–H and O–H groups in total.